The first-order valence-electron chi connectivity index (χ1n) is 9.45. The molecule has 25 heavy (non-hydrogen) atoms. The van der Waals surface area contributed by atoms with E-state index in [-0.39, 0.29) is 11.5 Å². The number of hydrogen-bond donors (Lipinski definition) is 2. The van der Waals surface area contributed by atoms with Gasteiger partial charge in [-0.1, -0.05) is 20.8 Å². The second-order valence-corrected chi connectivity index (χ2v) is 9.14. The molecule has 2 N–H and O–H groups in total. The summed E-state index contributed by atoms with van der Waals surface area (Å²) in [6.07, 6.45) is 5.49. The molecule has 1 aromatic rings. The Kier molecular flexibility index (Phi) is 7.69. The van der Waals surface area contributed by atoms with E-state index in [9.17, 15) is 0 Å². The molecule has 2 atom stereocenters. The first-order chi connectivity index (χ1) is 11.9. The molecule has 0 amide bonds. The average molecular weight is 367 g/mol. The van der Waals surface area contributed by atoms with Crippen molar-refractivity contribution in [3.8, 4) is 0 Å². The fraction of sp³-hybridized carbons (Fsp3) is 0.789. The second-order valence-electron chi connectivity index (χ2n) is 7.82. The molecule has 0 spiro atoms. The van der Waals surface area contributed by atoms with Crippen LogP contribution in [-0.2, 0) is 11.2 Å². The number of thiazole rings is 1. The van der Waals surface area contributed by atoms with Crippen LogP contribution in [0.5, 0.6) is 0 Å². The van der Waals surface area contributed by atoms with Gasteiger partial charge < -0.3 is 15.4 Å². The Morgan fingerprint density at radius 2 is 2.20 bits per heavy atom. The monoisotopic (exact) mass is 366 g/mol. The Morgan fingerprint density at radius 1 is 1.40 bits per heavy atom. The van der Waals surface area contributed by atoms with Gasteiger partial charge in [0.2, 0.25) is 0 Å². The van der Waals surface area contributed by atoms with Gasteiger partial charge in [-0.05, 0) is 32.1 Å². The molecule has 2 unspecified atom stereocenters. The Bertz CT molecular complexity index is 550. The zero-order valence-electron chi connectivity index (χ0n) is 16.4. The molecule has 0 aliphatic carbocycles. The molecule has 0 aromatic carbocycles. The number of guanidine groups is 1. The maximum atomic E-state index is 6.07. The fourth-order valence-corrected chi connectivity index (χ4v) is 4.13. The summed E-state index contributed by atoms with van der Waals surface area (Å²) in [7, 11) is 0. The van der Waals surface area contributed by atoms with E-state index in [1.807, 2.05) is 6.20 Å². The molecule has 0 radical (unpaired) electrons. The number of nitrogens with one attached hydrogen (secondary N) is 2. The summed E-state index contributed by atoms with van der Waals surface area (Å²) in [6, 6.07) is 0. The van der Waals surface area contributed by atoms with Crippen molar-refractivity contribution in [2.45, 2.75) is 60.0 Å². The molecule has 142 valence electrons. The summed E-state index contributed by atoms with van der Waals surface area (Å²) >= 11 is 1.76. The van der Waals surface area contributed by atoms with Gasteiger partial charge in [0.1, 0.15) is 0 Å². The molecule has 0 saturated carbocycles. The summed E-state index contributed by atoms with van der Waals surface area (Å²) in [5, 5.41) is 7.96. The van der Waals surface area contributed by atoms with Gasteiger partial charge in [-0.2, -0.15) is 0 Å². The molecule has 6 heteroatoms. The Morgan fingerprint density at radius 3 is 2.84 bits per heavy atom. The van der Waals surface area contributed by atoms with Crippen molar-refractivity contribution in [2.75, 3.05) is 26.2 Å². The predicted molar refractivity (Wildman–Crippen MR) is 106 cm³/mol. The lowest BCUT2D eigenvalue weighted by Crippen LogP contribution is -2.43. The SMILES string of the molecule is CCNC(=NCC1CCCOC1C(C)(C)C)NCCc1ncc(C)s1. The molecule has 5 nitrogen and oxygen atoms in total. The first-order valence-corrected chi connectivity index (χ1v) is 10.3. The maximum Gasteiger partial charge on any atom is 0.191 e. The predicted octanol–water partition coefficient (Wildman–Crippen LogP) is 3.39. The van der Waals surface area contributed by atoms with Gasteiger partial charge in [-0.15, -0.1) is 11.3 Å². The Balaban J connectivity index is 1.88. The number of rotatable bonds is 6. The van der Waals surface area contributed by atoms with Gasteiger partial charge >= 0.3 is 0 Å². The fourth-order valence-electron chi connectivity index (χ4n) is 3.34. The van der Waals surface area contributed by atoms with Crippen LogP contribution in [0.3, 0.4) is 0 Å². The van der Waals surface area contributed by atoms with E-state index in [0.717, 1.165) is 45.0 Å². The summed E-state index contributed by atoms with van der Waals surface area (Å²) in [5.74, 6) is 1.39. The molecule has 1 fully saturated rings. The van der Waals surface area contributed by atoms with Crippen molar-refractivity contribution in [2.24, 2.45) is 16.3 Å². The quantitative estimate of drug-likeness (QED) is 0.598. The minimum Gasteiger partial charge on any atom is -0.377 e. The van der Waals surface area contributed by atoms with E-state index < -0.39 is 0 Å². The summed E-state index contributed by atoms with van der Waals surface area (Å²) in [6.45, 7) is 14.4. The molecule has 1 aromatic heterocycles. The summed E-state index contributed by atoms with van der Waals surface area (Å²) in [5.41, 5.74) is 0.162. The standard InChI is InChI=1S/C19H34N4OS/c1-6-20-18(21-10-9-16-22-12-14(2)25-16)23-13-15-8-7-11-24-17(15)19(3,4)5/h12,15,17H,6-11,13H2,1-5H3,(H2,20,21,23). The van der Waals surface area contributed by atoms with E-state index in [4.69, 9.17) is 9.73 Å². The van der Waals surface area contributed by atoms with Crippen LogP contribution in [0.25, 0.3) is 0 Å². The average Bonchev–Trinajstić information content (AvgIpc) is 2.97. The molecule has 2 rings (SSSR count). The second kappa shape index (κ2) is 9.53. The highest BCUT2D eigenvalue weighted by Gasteiger charge is 2.35. The lowest BCUT2D eigenvalue weighted by atomic mass is 9.78. The van der Waals surface area contributed by atoms with E-state index in [2.05, 4.69) is 50.2 Å². The van der Waals surface area contributed by atoms with Gasteiger partial charge in [-0.25, -0.2) is 4.98 Å². The molecular weight excluding hydrogens is 332 g/mol. The smallest absolute Gasteiger partial charge is 0.191 e. The van der Waals surface area contributed by atoms with Gasteiger partial charge in [0.05, 0.1) is 11.1 Å². The van der Waals surface area contributed by atoms with Crippen molar-refractivity contribution < 1.29 is 4.74 Å². The van der Waals surface area contributed by atoms with Crippen LogP contribution in [0.2, 0.25) is 0 Å². The number of hydrogen-bond acceptors (Lipinski definition) is 4. The third kappa shape index (κ3) is 6.59. The van der Waals surface area contributed by atoms with Crippen LogP contribution in [0.1, 0.15) is 50.4 Å². The Labute approximate surface area is 156 Å². The van der Waals surface area contributed by atoms with Crippen molar-refractivity contribution in [1.82, 2.24) is 15.6 Å². The van der Waals surface area contributed by atoms with Gasteiger partial charge in [0, 0.05) is 49.7 Å². The largest absolute Gasteiger partial charge is 0.377 e. The van der Waals surface area contributed by atoms with E-state index >= 15 is 0 Å². The molecule has 1 saturated heterocycles. The third-order valence-electron chi connectivity index (χ3n) is 4.43. The molecule has 1 aliphatic heterocycles. The zero-order chi connectivity index (χ0) is 18.3. The number of nitrogens with zero attached hydrogens (tertiary/aromatic N) is 2. The molecular formula is C19H34N4OS. The van der Waals surface area contributed by atoms with E-state index in [1.165, 1.54) is 16.3 Å². The Hall–Kier alpha value is -1.14. The number of ether oxygens (including phenoxy) is 1. The molecule has 2 heterocycles. The van der Waals surface area contributed by atoms with Crippen LogP contribution < -0.4 is 10.6 Å². The van der Waals surface area contributed by atoms with Gasteiger partial charge in [0.15, 0.2) is 5.96 Å². The summed E-state index contributed by atoms with van der Waals surface area (Å²) in [4.78, 5) is 10.5. The summed E-state index contributed by atoms with van der Waals surface area (Å²) < 4.78 is 6.07. The highest BCUT2D eigenvalue weighted by Crippen LogP contribution is 2.34. The highest BCUT2D eigenvalue weighted by atomic mass is 32.1. The molecule has 0 bridgehead atoms. The van der Waals surface area contributed by atoms with Crippen molar-refractivity contribution >= 4 is 17.3 Å². The zero-order valence-corrected chi connectivity index (χ0v) is 17.2. The lowest BCUT2D eigenvalue weighted by Gasteiger charge is -2.39. The van der Waals surface area contributed by atoms with Gasteiger partial charge in [-0.3, -0.25) is 4.99 Å². The number of aryl methyl sites for hydroxylation is 1. The number of aliphatic imine (C=N–C) groups is 1. The highest BCUT2D eigenvalue weighted by molar-refractivity contribution is 7.11. The number of aromatic nitrogens is 1. The maximum absolute atomic E-state index is 6.07. The first kappa shape index (κ1) is 20.2. The van der Waals surface area contributed by atoms with Crippen LogP contribution in [0, 0.1) is 18.3 Å². The normalized spacial score (nSPS) is 22.0. The van der Waals surface area contributed by atoms with Crippen LogP contribution in [0.15, 0.2) is 11.2 Å². The van der Waals surface area contributed by atoms with Crippen LogP contribution in [0.4, 0.5) is 0 Å². The van der Waals surface area contributed by atoms with Crippen molar-refractivity contribution in [3.05, 3.63) is 16.1 Å². The van der Waals surface area contributed by atoms with Crippen LogP contribution >= 0.6 is 11.3 Å². The van der Waals surface area contributed by atoms with Crippen molar-refractivity contribution in [3.63, 3.8) is 0 Å². The minimum absolute atomic E-state index is 0.162. The molecule has 1 aliphatic rings. The van der Waals surface area contributed by atoms with Crippen LogP contribution in [-0.4, -0.2) is 43.3 Å². The van der Waals surface area contributed by atoms with Crippen molar-refractivity contribution in [1.29, 1.82) is 0 Å². The topological polar surface area (TPSA) is 58.5 Å². The third-order valence-corrected chi connectivity index (χ3v) is 5.40. The lowest BCUT2D eigenvalue weighted by molar-refractivity contribution is -0.0823. The minimum atomic E-state index is 0.162. The van der Waals surface area contributed by atoms with E-state index in [1.54, 1.807) is 11.3 Å². The van der Waals surface area contributed by atoms with Gasteiger partial charge in [0.25, 0.3) is 0 Å². The van der Waals surface area contributed by atoms with E-state index in [0.29, 0.717) is 5.92 Å².